The van der Waals surface area contributed by atoms with E-state index in [1.54, 1.807) is 0 Å². The first-order valence-corrected chi connectivity index (χ1v) is 6.55. The lowest BCUT2D eigenvalue weighted by atomic mass is 10.3. The van der Waals surface area contributed by atoms with Gasteiger partial charge in [-0.2, -0.15) is 0 Å². The molecule has 0 spiro atoms. The third kappa shape index (κ3) is 3.77. The zero-order chi connectivity index (χ0) is 12.2. The summed E-state index contributed by atoms with van der Waals surface area (Å²) in [5.41, 5.74) is -0.225. The quantitative estimate of drug-likeness (QED) is 0.871. The lowest BCUT2D eigenvalue weighted by Crippen LogP contribution is -2.17. The van der Waals surface area contributed by atoms with Gasteiger partial charge in [0.15, 0.2) is 0 Å². The summed E-state index contributed by atoms with van der Waals surface area (Å²) in [7, 11) is -3.54. The average Bonchev–Trinajstić information content (AvgIpc) is 2.19. The Morgan fingerprint density at radius 1 is 1.31 bits per heavy atom. The summed E-state index contributed by atoms with van der Waals surface area (Å²) in [6.07, 6.45) is 1.23. The van der Waals surface area contributed by atoms with E-state index in [0.717, 1.165) is 18.6 Å². The van der Waals surface area contributed by atoms with Gasteiger partial charge in [0, 0.05) is 6.07 Å². The van der Waals surface area contributed by atoms with Crippen LogP contribution in [0.15, 0.2) is 18.2 Å². The Labute approximate surface area is 93.5 Å². The number of halogens is 2. The molecule has 0 saturated heterocycles. The van der Waals surface area contributed by atoms with E-state index in [-0.39, 0.29) is 11.4 Å². The molecule has 0 unspecified atom stereocenters. The molecule has 0 saturated carbocycles. The van der Waals surface area contributed by atoms with Crippen LogP contribution in [-0.2, 0) is 10.0 Å². The Kier molecular flexibility index (Phi) is 4.23. The number of unbranched alkanes of at least 4 members (excludes halogenated alkanes) is 1. The lowest BCUT2D eigenvalue weighted by Gasteiger charge is -2.08. The van der Waals surface area contributed by atoms with Gasteiger partial charge in [0.2, 0.25) is 10.0 Å². The second kappa shape index (κ2) is 5.25. The van der Waals surface area contributed by atoms with Gasteiger partial charge in [-0.05, 0) is 18.6 Å². The van der Waals surface area contributed by atoms with Crippen LogP contribution in [0.2, 0.25) is 0 Å². The monoisotopic (exact) mass is 249 g/mol. The number of sulfonamides is 1. The van der Waals surface area contributed by atoms with Crippen molar-refractivity contribution in [3.8, 4) is 0 Å². The SMILES string of the molecule is CCCCS(=O)(=O)Nc1ccc(F)cc1F. The van der Waals surface area contributed by atoms with E-state index < -0.39 is 21.7 Å². The maximum absolute atomic E-state index is 13.1. The first-order chi connectivity index (χ1) is 7.44. The van der Waals surface area contributed by atoms with Crippen LogP contribution in [0.3, 0.4) is 0 Å². The Hall–Kier alpha value is -1.17. The van der Waals surface area contributed by atoms with Crippen LogP contribution in [0.4, 0.5) is 14.5 Å². The molecule has 0 amide bonds. The van der Waals surface area contributed by atoms with Crippen molar-refractivity contribution in [2.24, 2.45) is 0 Å². The average molecular weight is 249 g/mol. The summed E-state index contributed by atoms with van der Waals surface area (Å²) in [5, 5.41) is 0. The van der Waals surface area contributed by atoms with Gasteiger partial charge in [0.05, 0.1) is 11.4 Å². The molecule has 0 aliphatic carbocycles. The predicted molar refractivity (Wildman–Crippen MR) is 58.7 cm³/mol. The molecule has 1 aromatic carbocycles. The van der Waals surface area contributed by atoms with Crippen molar-refractivity contribution in [3.63, 3.8) is 0 Å². The zero-order valence-electron chi connectivity index (χ0n) is 8.83. The number of rotatable bonds is 5. The molecule has 1 rings (SSSR count). The van der Waals surface area contributed by atoms with Crippen molar-refractivity contribution < 1.29 is 17.2 Å². The molecule has 0 aliphatic heterocycles. The molecule has 0 atom stereocenters. The summed E-state index contributed by atoms with van der Waals surface area (Å²) in [6.45, 7) is 1.86. The molecular formula is C10H13F2NO2S. The minimum atomic E-state index is -3.54. The molecular weight excluding hydrogens is 236 g/mol. The number of hydrogen-bond acceptors (Lipinski definition) is 2. The highest BCUT2D eigenvalue weighted by Gasteiger charge is 2.12. The van der Waals surface area contributed by atoms with E-state index in [0.29, 0.717) is 12.5 Å². The zero-order valence-corrected chi connectivity index (χ0v) is 9.65. The van der Waals surface area contributed by atoms with E-state index in [2.05, 4.69) is 4.72 Å². The van der Waals surface area contributed by atoms with Crippen LogP contribution >= 0.6 is 0 Å². The first-order valence-electron chi connectivity index (χ1n) is 4.90. The molecule has 0 heterocycles. The van der Waals surface area contributed by atoms with E-state index in [4.69, 9.17) is 0 Å². The number of hydrogen-bond donors (Lipinski definition) is 1. The van der Waals surface area contributed by atoms with Crippen molar-refractivity contribution in [1.29, 1.82) is 0 Å². The maximum Gasteiger partial charge on any atom is 0.232 e. The molecule has 3 nitrogen and oxygen atoms in total. The van der Waals surface area contributed by atoms with Crippen molar-refractivity contribution in [3.05, 3.63) is 29.8 Å². The van der Waals surface area contributed by atoms with Crippen molar-refractivity contribution >= 4 is 15.7 Å². The first kappa shape index (κ1) is 12.9. The molecule has 0 bridgehead atoms. The second-order valence-corrected chi connectivity index (χ2v) is 5.24. The van der Waals surface area contributed by atoms with Gasteiger partial charge in [-0.15, -0.1) is 0 Å². The molecule has 0 fully saturated rings. The van der Waals surface area contributed by atoms with Gasteiger partial charge in [-0.25, -0.2) is 17.2 Å². The van der Waals surface area contributed by atoms with Crippen LogP contribution in [0.25, 0.3) is 0 Å². The number of nitrogens with one attached hydrogen (secondary N) is 1. The third-order valence-electron chi connectivity index (χ3n) is 1.96. The second-order valence-electron chi connectivity index (χ2n) is 3.40. The highest BCUT2D eigenvalue weighted by Crippen LogP contribution is 2.16. The Morgan fingerprint density at radius 2 is 2.00 bits per heavy atom. The standard InChI is InChI=1S/C10H13F2NO2S/c1-2-3-6-16(14,15)13-10-5-4-8(11)7-9(10)12/h4-5,7,13H,2-3,6H2,1H3. The normalized spacial score (nSPS) is 11.4. The van der Waals surface area contributed by atoms with E-state index >= 15 is 0 Å². The van der Waals surface area contributed by atoms with Crippen LogP contribution in [0, 0.1) is 11.6 Å². The summed E-state index contributed by atoms with van der Waals surface area (Å²) in [4.78, 5) is 0. The van der Waals surface area contributed by atoms with Gasteiger partial charge in [0.25, 0.3) is 0 Å². The Bertz CT molecular complexity index is 460. The maximum atomic E-state index is 13.1. The fourth-order valence-corrected chi connectivity index (χ4v) is 2.40. The summed E-state index contributed by atoms with van der Waals surface area (Å²) < 4.78 is 50.6. The van der Waals surface area contributed by atoms with Crippen molar-refractivity contribution in [1.82, 2.24) is 0 Å². The van der Waals surface area contributed by atoms with E-state index in [9.17, 15) is 17.2 Å². The summed E-state index contributed by atoms with van der Waals surface area (Å²) >= 11 is 0. The summed E-state index contributed by atoms with van der Waals surface area (Å²) in [6, 6.07) is 2.70. The molecule has 6 heteroatoms. The molecule has 0 radical (unpaired) electrons. The van der Waals surface area contributed by atoms with Crippen molar-refractivity contribution in [2.75, 3.05) is 10.5 Å². The molecule has 1 aromatic rings. The van der Waals surface area contributed by atoms with Crippen LogP contribution in [0.5, 0.6) is 0 Å². The third-order valence-corrected chi connectivity index (χ3v) is 3.32. The fraction of sp³-hybridized carbons (Fsp3) is 0.400. The predicted octanol–water partition coefficient (Wildman–Crippen LogP) is 2.51. The fourth-order valence-electron chi connectivity index (χ4n) is 1.13. The molecule has 90 valence electrons. The van der Waals surface area contributed by atoms with Gasteiger partial charge in [-0.1, -0.05) is 13.3 Å². The Balaban J connectivity index is 2.80. The molecule has 0 aromatic heterocycles. The van der Waals surface area contributed by atoms with Crippen LogP contribution in [0.1, 0.15) is 19.8 Å². The molecule has 1 N–H and O–H groups in total. The van der Waals surface area contributed by atoms with Gasteiger partial charge >= 0.3 is 0 Å². The number of anilines is 1. The molecule has 16 heavy (non-hydrogen) atoms. The van der Waals surface area contributed by atoms with E-state index in [1.807, 2.05) is 6.92 Å². The minimum Gasteiger partial charge on any atom is -0.281 e. The smallest absolute Gasteiger partial charge is 0.232 e. The van der Waals surface area contributed by atoms with Gasteiger partial charge < -0.3 is 0 Å². The van der Waals surface area contributed by atoms with Crippen LogP contribution < -0.4 is 4.72 Å². The minimum absolute atomic E-state index is 0.0691. The Morgan fingerprint density at radius 3 is 2.56 bits per heavy atom. The molecule has 0 aliphatic rings. The lowest BCUT2D eigenvalue weighted by molar-refractivity contribution is 0.582. The van der Waals surface area contributed by atoms with Crippen molar-refractivity contribution in [2.45, 2.75) is 19.8 Å². The topological polar surface area (TPSA) is 46.2 Å². The summed E-state index contributed by atoms with van der Waals surface area (Å²) in [5.74, 6) is -1.73. The number of benzene rings is 1. The van der Waals surface area contributed by atoms with Crippen LogP contribution in [-0.4, -0.2) is 14.2 Å². The highest BCUT2D eigenvalue weighted by atomic mass is 32.2. The van der Waals surface area contributed by atoms with Gasteiger partial charge in [0.1, 0.15) is 11.6 Å². The van der Waals surface area contributed by atoms with E-state index in [1.165, 1.54) is 0 Å². The largest absolute Gasteiger partial charge is 0.281 e. The van der Waals surface area contributed by atoms with Gasteiger partial charge in [-0.3, -0.25) is 4.72 Å². The highest BCUT2D eigenvalue weighted by molar-refractivity contribution is 7.92.